The molecule has 0 aliphatic heterocycles. The molecule has 3 heteroatoms. The summed E-state index contributed by atoms with van der Waals surface area (Å²) in [5, 5.41) is 3.44. The van der Waals surface area contributed by atoms with Crippen molar-refractivity contribution in [1.82, 2.24) is 4.90 Å². The molecule has 1 unspecified atom stereocenters. The zero-order chi connectivity index (χ0) is 11.4. The Hall–Kier alpha value is -1.22. The normalized spacial score (nSPS) is 12.9. The lowest BCUT2D eigenvalue weighted by Gasteiger charge is -2.21. The molecule has 0 spiro atoms. The molecule has 0 aliphatic carbocycles. The molecule has 0 bridgehead atoms. The van der Waals surface area contributed by atoms with Crippen LogP contribution >= 0.6 is 0 Å². The van der Waals surface area contributed by atoms with Crippen LogP contribution in [0.4, 0.5) is 11.4 Å². The molecule has 0 aromatic heterocycles. The van der Waals surface area contributed by atoms with Crippen LogP contribution in [-0.2, 0) is 0 Å². The number of nitrogen functional groups attached to an aromatic ring is 1. The van der Waals surface area contributed by atoms with Gasteiger partial charge in [-0.2, -0.15) is 0 Å². The third-order valence-electron chi connectivity index (χ3n) is 2.33. The fourth-order valence-corrected chi connectivity index (χ4v) is 1.73. The Morgan fingerprint density at radius 2 is 2.07 bits per heavy atom. The largest absolute Gasteiger partial charge is 0.397 e. The predicted molar refractivity (Wildman–Crippen MR) is 67.2 cm³/mol. The molecule has 0 fully saturated rings. The average molecular weight is 207 g/mol. The fourth-order valence-electron chi connectivity index (χ4n) is 1.73. The second-order valence-corrected chi connectivity index (χ2v) is 4.35. The van der Waals surface area contributed by atoms with Crippen LogP contribution in [0.15, 0.2) is 18.2 Å². The van der Waals surface area contributed by atoms with E-state index in [2.05, 4.69) is 44.2 Å². The number of para-hydroxylation sites is 1. The molecule has 0 heterocycles. The average Bonchev–Trinajstić information content (AvgIpc) is 2.10. The predicted octanol–water partition coefficient (Wildman–Crippen LogP) is 1.94. The van der Waals surface area contributed by atoms with E-state index in [-0.39, 0.29) is 0 Å². The van der Waals surface area contributed by atoms with E-state index >= 15 is 0 Å². The summed E-state index contributed by atoms with van der Waals surface area (Å²) in [6, 6.07) is 6.37. The van der Waals surface area contributed by atoms with Crippen molar-refractivity contribution < 1.29 is 0 Å². The number of aryl methyl sites for hydroxylation is 1. The summed E-state index contributed by atoms with van der Waals surface area (Å²) < 4.78 is 0. The van der Waals surface area contributed by atoms with Gasteiger partial charge in [-0.05, 0) is 39.6 Å². The van der Waals surface area contributed by atoms with Crippen molar-refractivity contribution in [3.63, 3.8) is 0 Å². The van der Waals surface area contributed by atoms with Crippen molar-refractivity contribution in [1.29, 1.82) is 0 Å². The third-order valence-corrected chi connectivity index (χ3v) is 2.33. The van der Waals surface area contributed by atoms with Crippen LogP contribution in [0, 0.1) is 6.92 Å². The van der Waals surface area contributed by atoms with Gasteiger partial charge in [0.05, 0.1) is 11.4 Å². The summed E-state index contributed by atoms with van der Waals surface area (Å²) in [5.41, 5.74) is 9.00. The number of benzene rings is 1. The van der Waals surface area contributed by atoms with Crippen LogP contribution in [0.2, 0.25) is 0 Å². The number of hydrogen-bond acceptors (Lipinski definition) is 3. The minimum absolute atomic E-state index is 0.392. The van der Waals surface area contributed by atoms with Gasteiger partial charge in [-0.15, -0.1) is 0 Å². The topological polar surface area (TPSA) is 41.3 Å². The standard InChI is InChI=1S/C12H21N3/c1-9-6-5-7-11(13)12(9)14-10(2)8-15(3)4/h5-7,10,14H,8,13H2,1-4H3. The molecule has 1 atom stereocenters. The lowest BCUT2D eigenvalue weighted by molar-refractivity contribution is 0.392. The van der Waals surface area contributed by atoms with Crippen molar-refractivity contribution in [3.05, 3.63) is 23.8 Å². The van der Waals surface area contributed by atoms with E-state index in [0.717, 1.165) is 17.9 Å². The third kappa shape index (κ3) is 3.44. The van der Waals surface area contributed by atoms with Crippen molar-refractivity contribution in [2.45, 2.75) is 19.9 Å². The van der Waals surface area contributed by atoms with Crippen LogP contribution in [0.3, 0.4) is 0 Å². The Morgan fingerprint density at radius 3 is 2.60 bits per heavy atom. The molecule has 1 rings (SSSR count). The number of hydrogen-bond donors (Lipinski definition) is 2. The van der Waals surface area contributed by atoms with Gasteiger partial charge in [-0.3, -0.25) is 0 Å². The monoisotopic (exact) mass is 207 g/mol. The summed E-state index contributed by atoms with van der Waals surface area (Å²) in [5.74, 6) is 0. The Balaban J connectivity index is 2.71. The molecule has 15 heavy (non-hydrogen) atoms. The second kappa shape index (κ2) is 5.03. The molecule has 1 aromatic rings. The van der Waals surface area contributed by atoms with Gasteiger partial charge in [0.15, 0.2) is 0 Å². The molecule has 0 aliphatic rings. The molecule has 0 radical (unpaired) electrons. The fraction of sp³-hybridized carbons (Fsp3) is 0.500. The summed E-state index contributed by atoms with van der Waals surface area (Å²) in [7, 11) is 4.14. The highest BCUT2D eigenvalue weighted by Gasteiger charge is 2.07. The molecular weight excluding hydrogens is 186 g/mol. The van der Waals surface area contributed by atoms with Gasteiger partial charge in [0.1, 0.15) is 0 Å². The number of nitrogens with zero attached hydrogens (tertiary/aromatic N) is 1. The van der Waals surface area contributed by atoms with Gasteiger partial charge in [0.25, 0.3) is 0 Å². The van der Waals surface area contributed by atoms with Gasteiger partial charge >= 0.3 is 0 Å². The summed E-state index contributed by atoms with van der Waals surface area (Å²) in [6.45, 7) is 5.22. The number of likely N-dealkylation sites (N-methyl/N-ethyl adjacent to an activating group) is 1. The van der Waals surface area contributed by atoms with Crippen LogP contribution in [0.25, 0.3) is 0 Å². The number of anilines is 2. The maximum atomic E-state index is 5.92. The lowest BCUT2D eigenvalue weighted by Crippen LogP contribution is -2.30. The smallest absolute Gasteiger partial charge is 0.0606 e. The maximum Gasteiger partial charge on any atom is 0.0606 e. The highest BCUT2D eigenvalue weighted by atomic mass is 15.1. The van der Waals surface area contributed by atoms with Crippen LogP contribution in [-0.4, -0.2) is 31.6 Å². The molecule has 0 saturated carbocycles. The van der Waals surface area contributed by atoms with Crippen molar-refractivity contribution in [3.8, 4) is 0 Å². The molecule has 0 saturated heterocycles. The van der Waals surface area contributed by atoms with Gasteiger partial charge < -0.3 is 16.0 Å². The summed E-state index contributed by atoms with van der Waals surface area (Å²) in [4.78, 5) is 2.16. The van der Waals surface area contributed by atoms with E-state index in [9.17, 15) is 0 Å². The first-order valence-electron chi connectivity index (χ1n) is 5.27. The van der Waals surface area contributed by atoms with Crippen LogP contribution in [0.5, 0.6) is 0 Å². The Morgan fingerprint density at radius 1 is 1.40 bits per heavy atom. The van der Waals surface area contributed by atoms with Gasteiger partial charge in [-0.1, -0.05) is 12.1 Å². The lowest BCUT2D eigenvalue weighted by atomic mass is 10.1. The Labute approximate surface area is 92.3 Å². The van der Waals surface area contributed by atoms with E-state index in [4.69, 9.17) is 5.73 Å². The first-order chi connectivity index (χ1) is 7.00. The van der Waals surface area contributed by atoms with E-state index in [1.54, 1.807) is 0 Å². The van der Waals surface area contributed by atoms with E-state index in [1.165, 1.54) is 5.56 Å². The van der Waals surface area contributed by atoms with E-state index < -0.39 is 0 Å². The maximum absolute atomic E-state index is 5.92. The summed E-state index contributed by atoms with van der Waals surface area (Å²) >= 11 is 0. The van der Waals surface area contributed by atoms with Gasteiger partial charge in [0, 0.05) is 12.6 Å². The van der Waals surface area contributed by atoms with Gasteiger partial charge in [-0.25, -0.2) is 0 Å². The molecule has 1 aromatic carbocycles. The summed E-state index contributed by atoms with van der Waals surface area (Å²) in [6.07, 6.45) is 0. The highest BCUT2D eigenvalue weighted by molar-refractivity contribution is 5.70. The number of nitrogens with one attached hydrogen (secondary N) is 1. The molecule has 3 nitrogen and oxygen atoms in total. The Bertz CT molecular complexity index is 300. The van der Waals surface area contributed by atoms with Gasteiger partial charge in [0.2, 0.25) is 0 Å². The zero-order valence-corrected chi connectivity index (χ0v) is 10.0. The van der Waals surface area contributed by atoms with E-state index in [0.29, 0.717) is 6.04 Å². The second-order valence-electron chi connectivity index (χ2n) is 4.35. The quantitative estimate of drug-likeness (QED) is 0.741. The number of rotatable bonds is 4. The first kappa shape index (κ1) is 11.9. The molecule has 84 valence electrons. The molecule has 0 amide bonds. The minimum atomic E-state index is 0.392. The molecular formula is C12H21N3. The van der Waals surface area contributed by atoms with Crippen molar-refractivity contribution in [2.24, 2.45) is 0 Å². The highest BCUT2D eigenvalue weighted by Crippen LogP contribution is 2.23. The molecule has 3 N–H and O–H groups in total. The first-order valence-corrected chi connectivity index (χ1v) is 5.27. The van der Waals surface area contributed by atoms with Crippen molar-refractivity contribution in [2.75, 3.05) is 31.7 Å². The van der Waals surface area contributed by atoms with E-state index in [1.807, 2.05) is 12.1 Å². The SMILES string of the molecule is Cc1cccc(N)c1NC(C)CN(C)C. The zero-order valence-electron chi connectivity index (χ0n) is 10.0. The van der Waals surface area contributed by atoms with Crippen LogP contribution < -0.4 is 11.1 Å². The number of nitrogens with two attached hydrogens (primary N) is 1. The van der Waals surface area contributed by atoms with Crippen LogP contribution in [0.1, 0.15) is 12.5 Å². The van der Waals surface area contributed by atoms with Crippen molar-refractivity contribution >= 4 is 11.4 Å². The minimum Gasteiger partial charge on any atom is -0.397 e. The Kier molecular flexibility index (Phi) is 3.97.